The Kier molecular flexibility index (Phi) is 5.22. The van der Waals surface area contributed by atoms with Crippen molar-refractivity contribution in [1.82, 2.24) is 5.32 Å². The molecule has 1 heterocycles. The van der Waals surface area contributed by atoms with Crippen molar-refractivity contribution >= 4 is 17.7 Å². The number of carbonyl (C=O) groups is 1. The summed E-state index contributed by atoms with van der Waals surface area (Å²) in [6, 6.07) is 4.25. The van der Waals surface area contributed by atoms with E-state index in [4.69, 9.17) is 5.73 Å². The van der Waals surface area contributed by atoms with Crippen molar-refractivity contribution in [1.29, 1.82) is 0 Å². The van der Waals surface area contributed by atoms with Crippen molar-refractivity contribution in [3.05, 3.63) is 35.1 Å². The van der Waals surface area contributed by atoms with Gasteiger partial charge in [-0.15, -0.1) is 0 Å². The summed E-state index contributed by atoms with van der Waals surface area (Å²) in [7, 11) is 0. The third kappa shape index (κ3) is 4.21. The van der Waals surface area contributed by atoms with Gasteiger partial charge in [-0.05, 0) is 55.0 Å². The molecule has 1 fully saturated rings. The number of primary amides is 1. The summed E-state index contributed by atoms with van der Waals surface area (Å²) in [6.45, 7) is 1.34. The Hall–Kier alpha value is -1.07. The van der Waals surface area contributed by atoms with Crippen LogP contribution in [0.25, 0.3) is 0 Å². The van der Waals surface area contributed by atoms with Crippen molar-refractivity contribution in [2.45, 2.75) is 19.4 Å². The first-order valence-corrected chi connectivity index (χ1v) is 7.69. The Balaban J connectivity index is 1.87. The summed E-state index contributed by atoms with van der Waals surface area (Å²) < 4.78 is 13.6. The molecule has 0 unspecified atom stereocenters. The normalized spacial score (nSPS) is 16.5. The second-order valence-corrected chi connectivity index (χ2v) is 6.08. The monoisotopic (exact) mass is 282 g/mol. The molecule has 1 aliphatic rings. The molecule has 1 aromatic rings. The van der Waals surface area contributed by atoms with Gasteiger partial charge in [0.2, 0.25) is 5.91 Å². The molecular weight excluding hydrogens is 263 g/mol. The number of hydrogen-bond acceptors (Lipinski definition) is 3. The van der Waals surface area contributed by atoms with Crippen molar-refractivity contribution in [3.8, 4) is 0 Å². The average molecular weight is 282 g/mol. The van der Waals surface area contributed by atoms with E-state index in [9.17, 15) is 9.18 Å². The third-order valence-electron chi connectivity index (χ3n) is 3.42. The van der Waals surface area contributed by atoms with Crippen molar-refractivity contribution in [2.75, 3.05) is 18.1 Å². The Morgan fingerprint density at radius 3 is 2.84 bits per heavy atom. The quantitative estimate of drug-likeness (QED) is 0.870. The van der Waals surface area contributed by atoms with E-state index in [1.807, 2.05) is 11.8 Å². The van der Waals surface area contributed by atoms with E-state index in [0.717, 1.165) is 6.54 Å². The maximum Gasteiger partial charge on any atom is 0.248 e. The molecule has 0 aromatic heterocycles. The molecule has 0 saturated carbocycles. The van der Waals surface area contributed by atoms with Gasteiger partial charge in [-0.3, -0.25) is 4.79 Å². The van der Waals surface area contributed by atoms with Gasteiger partial charge in [0.1, 0.15) is 5.82 Å². The van der Waals surface area contributed by atoms with Gasteiger partial charge in [-0.1, -0.05) is 0 Å². The number of nitrogens with one attached hydrogen (secondary N) is 1. The highest BCUT2D eigenvalue weighted by Crippen LogP contribution is 2.22. The highest BCUT2D eigenvalue weighted by Gasteiger charge is 2.13. The maximum atomic E-state index is 13.6. The molecular formula is C14H19FN2OS. The topological polar surface area (TPSA) is 55.1 Å². The zero-order valence-electron chi connectivity index (χ0n) is 10.8. The van der Waals surface area contributed by atoms with Crippen LogP contribution in [0.1, 0.15) is 28.8 Å². The molecule has 0 spiro atoms. The Labute approximate surface area is 117 Å². The highest BCUT2D eigenvalue weighted by molar-refractivity contribution is 7.99. The molecule has 1 amide bonds. The minimum Gasteiger partial charge on any atom is -0.366 e. The van der Waals surface area contributed by atoms with Crippen molar-refractivity contribution in [3.63, 3.8) is 0 Å². The van der Waals surface area contributed by atoms with Gasteiger partial charge >= 0.3 is 0 Å². The second-order valence-electron chi connectivity index (χ2n) is 4.86. The molecule has 5 heteroatoms. The highest BCUT2D eigenvalue weighted by atomic mass is 32.2. The van der Waals surface area contributed by atoms with Gasteiger partial charge in [0.25, 0.3) is 0 Å². The largest absolute Gasteiger partial charge is 0.366 e. The number of amides is 1. The predicted molar refractivity (Wildman–Crippen MR) is 76.7 cm³/mol. The molecule has 0 aliphatic carbocycles. The molecule has 0 bridgehead atoms. The van der Waals surface area contributed by atoms with Crippen molar-refractivity contribution in [2.24, 2.45) is 11.7 Å². The molecule has 104 valence electrons. The van der Waals surface area contributed by atoms with Crippen LogP contribution in [0.5, 0.6) is 0 Å². The smallest absolute Gasteiger partial charge is 0.248 e. The second kappa shape index (κ2) is 6.91. The van der Waals surface area contributed by atoms with Crippen molar-refractivity contribution < 1.29 is 9.18 Å². The van der Waals surface area contributed by atoms with Gasteiger partial charge in [0.05, 0.1) is 0 Å². The van der Waals surface area contributed by atoms with Crippen LogP contribution in [0.3, 0.4) is 0 Å². The fourth-order valence-corrected chi connectivity index (χ4v) is 3.43. The number of hydrogen-bond donors (Lipinski definition) is 2. The third-order valence-corrected chi connectivity index (χ3v) is 4.47. The lowest BCUT2D eigenvalue weighted by Crippen LogP contribution is -2.25. The van der Waals surface area contributed by atoms with E-state index in [2.05, 4.69) is 5.32 Å². The standard InChI is InChI=1S/C14H19FN2OS/c15-13-2-1-11(14(16)18)7-12(13)9-17-8-10-3-5-19-6-4-10/h1-2,7,10,17H,3-6,8-9H2,(H2,16,18). The molecule has 19 heavy (non-hydrogen) atoms. The van der Waals surface area contributed by atoms with Gasteiger partial charge in [0.15, 0.2) is 0 Å². The number of carbonyl (C=O) groups excluding carboxylic acids is 1. The number of halogens is 1. The van der Waals surface area contributed by atoms with E-state index < -0.39 is 5.91 Å². The Bertz CT molecular complexity index is 447. The molecule has 1 saturated heterocycles. The van der Waals surface area contributed by atoms with E-state index in [1.165, 1.54) is 42.5 Å². The first-order valence-electron chi connectivity index (χ1n) is 6.53. The van der Waals surface area contributed by atoms with E-state index in [0.29, 0.717) is 23.6 Å². The van der Waals surface area contributed by atoms with Gasteiger partial charge in [0, 0.05) is 17.7 Å². The number of thioether (sulfide) groups is 1. The SMILES string of the molecule is NC(=O)c1ccc(F)c(CNCC2CCSCC2)c1. The minimum atomic E-state index is -0.523. The fraction of sp³-hybridized carbons (Fsp3) is 0.500. The van der Waals surface area contributed by atoms with Crippen LogP contribution in [0, 0.1) is 11.7 Å². The summed E-state index contributed by atoms with van der Waals surface area (Å²) in [5.74, 6) is 2.31. The summed E-state index contributed by atoms with van der Waals surface area (Å²) in [6.07, 6.45) is 2.45. The lowest BCUT2D eigenvalue weighted by molar-refractivity contribution is 0.1000. The summed E-state index contributed by atoms with van der Waals surface area (Å²) >= 11 is 2.00. The van der Waals surface area contributed by atoms with Crippen LogP contribution in [0.15, 0.2) is 18.2 Å². The van der Waals surface area contributed by atoms with E-state index in [-0.39, 0.29) is 5.82 Å². The molecule has 3 nitrogen and oxygen atoms in total. The van der Waals surface area contributed by atoms with Crippen LogP contribution >= 0.6 is 11.8 Å². The van der Waals surface area contributed by atoms with Gasteiger partial charge in [-0.2, -0.15) is 11.8 Å². The molecule has 1 aromatic carbocycles. The molecule has 1 aliphatic heterocycles. The van der Waals surface area contributed by atoms with Crippen LogP contribution < -0.4 is 11.1 Å². The first kappa shape index (κ1) is 14.3. The molecule has 0 atom stereocenters. The summed E-state index contributed by atoms with van der Waals surface area (Å²) in [5.41, 5.74) is 6.05. The number of benzene rings is 1. The van der Waals surface area contributed by atoms with Crippen LogP contribution in [0.2, 0.25) is 0 Å². The lowest BCUT2D eigenvalue weighted by atomic mass is 10.0. The number of rotatable bonds is 5. The average Bonchev–Trinajstić information content (AvgIpc) is 2.42. The van der Waals surface area contributed by atoms with Crippen LogP contribution in [-0.2, 0) is 6.54 Å². The number of nitrogens with two attached hydrogens (primary N) is 1. The summed E-state index contributed by atoms with van der Waals surface area (Å²) in [5, 5.41) is 3.28. The lowest BCUT2D eigenvalue weighted by Gasteiger charge is -2.21. The maximum absolute atomic E-state index is 13.6. The van der Waals surface area contributed by atoms with Gasteiger partial charge < -0.3 is 11.1 Å². The van der Waals surface area contributed by atoms with Gasteiger partial charge in [-0.25, -0.2) is 4.39 Å². The Morgan fingerprint density at radius 2 is 2.16 bits per heavy atom. The zero-order chi connectivity index (χ0) is 13.7. The molecule has 0 radical (unpaired) electrons. The minimum absolute atomic E-state index is 0.295. The van der Waals surface area contributed by atoms with Crippen LogP contribution in [0.4, 0.5) is 4.39 Å². The van der Waals surface area contributed by atoms with E-state index >= 15 is 0 Å². The van der Waals surface area contributed by atoms with E-state index in [1.54, 1.807) is 0 Å². The predicted octanol–water partition coefficient (Wildman–Crippen LogP) is 2.16. The van der Waals surface area contributed by atoms with Crippen LogP contribution in [-0.4, -0.2) is 24.0 Å². The summed E-state index contributed by atoms with van der Waals surface area (Å²) in [4.78, 5) is 11.1. The zero-order valence-corrected chi connectivity index (χ0v) is 11.6. The fourth-order valence-electron chi connectivity index (χ4n) is 2.22. The molecule has 3 N–H and O–H groups in total. The Morgan fingerprint density at radius 1 is 1.42 bits per heavy atom. The first-order chi connectivity index (χ1) is 9.16. The molecule has 2 rings (SSSR count).